The Balaban J connectivity index is 1.99. The molecule has 0 saturated heterocycles. The second-order valence-electron chi connectivity index (χ2n) is 6.31. The highest BCUT2D eigenvalue weighted by Gasteiger charge is 2.23. The first-order chi connectivity index (χ1) is 14.9. The molecule has 0 saturated carbocycles. The summed E-state index contributed by atoms with van der Waals surface area (Å²) in [7, 11) is 3.06. The van der Waals surface area contributed by atoms with Gasteiger partial charge in [0.25, 0.3) is 5.91 Å². The summed E-state index contributed by atoms with van der Waals surface area (Å²) in [5, 5.41) is 4.92. The van der Waals surface area contributed by atoms with Crippen LogP contribution in [0.25, 0.3) is 0 Å². The monoisotopic (exact) mass is 475 g/mol. The Labute approximate surface area is 195 Å². The molecule has 0 bridgehead atoms. The maximum Gasteiger partial charge on any atom is 0.271 e. The highest BCUT2D eigenvalue weighted by Crippen LogP contribution is 2.36. The molecule has 0 aliphatic carbocycles. The Bertz CT molecular complexity index is 1120. The van der Waals surface area contributed by atoms with Crippen molar-refractivity contribution in [3.05, 3.63) is 81.8 Å². The van der Waals surface area contributed by atoms with Crippen molar-refractivity contribution in [1.29, 1.82) is 0 Å². The van der Waals surface area contributed by atoms with Crippen LogP contribution < -0.4 is 13.8 Å². The molecule has 9 heteroatoms. The number of rotatable bonds is 7. The first kappa shape index (κ1) is 22.9. The van der Waals surface area contributed by atoms with Crippen LogP contribution in [0.4, 0.5) is 11.4 Å². The lowest BCUT2D eigenvalue weighted by atomic mass is 10.2. The van der Waals surface area contributed by atoms with E-state index >= 15 is 0 Å². The molecular formula is C22H19Cl2N3O3S. The van der Waals surface area contributed by atoms with E-state index in [9.17, 15) is 4.79 Å². The molecule has 0 aliphatic heterocycles. The molecule has 3 aromatic rings. The molecule has 0 spiro atoms. The maximum absolute atomic E-state index is 13.3. The molecule has 0 N–H and O–H groups in total. The predicted molar refractivity (Wildman–Crippen MR) is 126 cm³/mol. The number of carbonyl (C=O) groups is 1. The van der Waals surface area contributed by atoms with E-state index < -0.39 is 0 Å². The lowest BCUT2D eigenvalue weighted by Gasteiger charge is -2.20. The van der Waals surface area contributed by atoms with Crippen LogP contribution >= 0.6 is 35.3 Å². The minimum atomic E-state index is -0.386. The molecule has 0 atom stereocenters. The lowest BCUT2D eigenvalue weighted by molar-refractivity contribution is 0.101. The molecule has 6 nitrogen and oxygen atoms in total. The summed E-state index contributed by atoms with van der Waals surface area (Å²) >= 11 is 13.1. The van der Waals surface area contributed by atoms with Crippen LogP contribution in [0, 0.1) is 6.92 Å². The third kappa shape index (κ3) is 5.50. The molecule has 160 valence electrons. The van der Waals surface area contributed by atoms with Crippen molar-refractivity contribution in [2.24, 2.45) is 9.63 Å². The summed E-state index contributed by atoms with van der Waals surface area (Å²) in [6.45, 7) is 1.93. The zero-order valence-corrected chi connectivity index (χ0v) is 19.3. The number of anilines is 1. The first-order valence-corrected chi connectivity index (χ1v) is 10.6. The van der Waals surface area contributed by atoms with Gasteiger partial charge in [-0.3, -0.25) is 4.79 Å². The maximum atomic E-state index is 13.3. The van der Waals surface area contributed by atoms with Gasteiger partial charge in [0.15, 0.2) is 11.5 Å². The summed E-state index contributed by atoms with van der Waals surface area (Å²) < 4.78 is 16.2. The van der Waals surface area contributed by atoms with E-state index in [1.165, 1.54) is 17.5 Å². The van der Waals surface area contributed by atoms with Crippen LogP contribution in [0.15, 0.2) is 70.3 Å². The number of benzene rings is 3. The van der Waals surface area contributed by atoms with Gasteiger partial charge < -0.3 is 9.47 Å². The Kier molecular flexibility index (Phi) is 7.79. The Morgan fingerprint density at radius 3 is 2.39 bits per heavy atom. The minimum Gasteiger partial charge on any atom is -0.493 e. The number of amides is 1. The standard InChI is InChI=1S/C22H19Cl2N3O3S/c1-14-6-4-5-7-19(14)25-26-31-27(16-9-11-20(29-2)21(13-16)30-3)22(28)17-10-8-15(23)12-18(17)24/h4-13H,1-3H3. The fraction of sp³-hybridized carbons (Fsp3) is 0.136. The van der Waals surface area contributed by atoms with Crippen LogP contribution in [0.1, 0.15) is 15.9 Å². The smallest absolute Gasteiger partial charge is 0.271 e. The number of aryl methyl sites for hydroxylation is 1. The normalized spacial score (nSPS) is 10.9. The van der Waals surface area contributed by atoms with Crippen LogP contribution in [0.3, 0.4) is 0 Å². The van der Waals surface area contributed by atoms with Gasteiger partial charge in [-0.05, 0) is 48.9 Å². The summed E-state index contributed by atoms with van der Waals surface area (Å²) in [6.07, 6.45) is 0. The quantitative estimate of drug-likeness (QED) is 0.265. The largest absolute Gasteiger partial charge is 0.493 e. The van der Waals surface area contributed by atoms with E-state index in [1.54, 1.807) is 37.4 Å². The summed E-state index contributed by atoms with van der Waals surface area (Å²) in [5.74, 6) is 0.619. The molecule has 3 aromatic carbocycles. The summed E-state index contributed by atoms with van der Waals surface area (Å²) in [6, 6.07) is 17.4. The lowest BCUT2D eigenvalue weighted by Crippen LogP contribution is -2.23. The summed E-state index contributed by atoms with van der Waals surface area (Å²) in [4.78, 5) is 13.3. The van der Waals surface area contributed by atoms with Crippen molar-refractivity contribution in [2.45, 2.75) is 6.92 Å². The molecule has 1 amide bonds. The number of carbonyl (C=O) groups excluding carboxylic acids is 1. The number of halogens is 2. The van der Waals surface area contributed by atoms with Gasteiger partial charge in [-0.2, -0.15) is 0 Å². The zero-order valence-electron chi connectivity index (χ0n) is 17.0. The third-order valence-corrected chi connectivity index (χ3v) is 5.57. The van der Waals surface area contributed by atoms with E-state index in [0.717, 1.165) is 17.7 Å². The zero-order chi connectivity index (χ0) is 22.4. The van der Waals surface area contributed by atoms with Crippen molar-refractivity contribution in [1.82, 2.24) is 0 Å². The van der Waals surface area contributed by atoms with Gasteiger partial charge in [0, 0.05) is 11.1 Å². The number of methoxy groups -OCH3 is 2. The number of nitrogens with zero attached hydrogens (tertiary/aromatic N) is 3. The van der Waals surface area contributed by atoms with E-state index in [4.69, 9.17) is 32.7 Å². The van der Waals surface area contributed by atoms with E-state index in [2.05, 4.69) is 9.63 Å². The van der Waals surface area contributed by atoms with Crippen molar-refractivity contribution < 1.29 is 14.3 Å². The molecule has 0 aromatic heterocycles. The van der Waals surface area contributed by atoms with Crippen LogP contribution in [0.5, 0.6) is 11.5 Å². The van der Waals surface area contributed by atoms with Gasteiger partial charge in [-0.25, -0.2) is 4.31 Å². The van der Waals surface area contributed by atoms with Gasteiger partial charge in [0.2, 0.25) is 0 Å². The van der Waals surface area contributed by atoms with E-state index in [1.807, 2.05) is 31.2 Å². The molecule has 0 unspecified atom stereocenters. The van der Waals surface area contributed by atoms with Crippen LogP contribution in [-0.2, 0) is 0 Å². The minimum absolute atomic E-state index is 0.236. The van der Waals surface area contributed by atoms with Crippen LogP contribution in [0.2, 0.25) is 10.0 Å². The molecule has 0 fully saturated rings. The molecular weight excluding hydrogens is 457 g/mol. The Morgan fingerprint density at radius 2 is 1.71 bits per heavy atom. The van der Waals surface area contributed by atoms with Gasteiger partial charge in [-0.15, -0.1) is 5.11 Å². The predicted octanol–water partition coefficient (Wildman–Crippen LogP) is 7.31. The molecule has 0 radical (unpaired) electrons. The van der Waals surface area contributed by atoms with Gasteiger partial charge in [-0.1, -0.05) is 45.9 Å². The van der Waals surface area contributed by atoms with Crippen molar-refractivity contribution >= 4 is 52.6 Å². The van der Waals surface area contributed by atoms with Gasteiger partial charge >= 0.3 is 0 Å². The van der Waals surface area contributed by atoms with Crippen LogP contribution in [-0.4, -0.2) is 20.1 Å². The fourth-order valence-electron chi connectivity index (χ4n) is 2.70. The summed E-state index contributed by atoms with van der Waals surface area (Å²) in [5.41, 5.74) is 2.47. The highest BCUT2D eigenvalue weighted by atomic mass is 35.5. The SMILES string of the molecule is COc1ccc(N(SN=Nc2ccccc2C)C(=O)c2ccc(Cl)cc2Cl)cc1OC. The van der Waals surface area contributed by atoms with Crippen molar-refractivity contribution in [2.75, 3.05) is 18.5 Å². The van der Waals surface area contributed by atoms with E-state index in [-0.39, 0.29) is 16.5 Å². The Morgan fingerprint density at radius 1 is 0.968 bits per heavy atom. The number of ether oxygens (including phenoxy) is 2. The molecule has 0 aliphatic rings. The highest BCUT2D eigenvalue weighted by molar-refractivity contribution is 8.00. The van der Waals surface area contributed by atoms with E-state index in [0.29, 0.717) is 27.9 Å². The van der Waals surface area contributed by atoms with Crippen molar-refractivity contribution in [3.8, 4) is 11.5 Å². The molecule has 31 heavy (non-hydrogen) atoms. The Hall–Kier alpha value is -2.74. The van der Waals surface area contributed by atoms with Gasteiger partial charge in [0.1, 0.15) is 12.1 Å². The topological polar surface area (TPSA) is 63.5 Å². The first-order valence-electron chi connectivity index (χ1n) is 9.10. The van der Waals surface area contributed by atoms with Crippen molar-refractivity contribution in [3.63, 3.8) is 0 Å². The average molecular weight is 476 g/mol. The van der Waals surface area contributed by atoms with Gasteiger partial charge in [0.05, 0.1) is 36.2 Å². The number of hydrogen-bond donors (Lipinski definition) is 0. The molecule has 3 rings (SSSR count). The second-order valence-corrected chi connectivity index (χ2v) is 7.85. The second kappa shape index (κ2) is 10.5. The average Bonchev–Trinajstić information content (AvgIpc) is 2.77. The number of hydrogen-bond acceptors (Lipinski definition) is 6. The molecule has 0 heterocycles. The third-order valence-electron chi connectivity index (χ3n) is 4.33. The fourth-order valence-corrected chi connectivity index (χ4v) is 3.77.